The van der Waals surface area contributed by atoms with Gasteiger partial charge in [-0.2, -0.15) is 4.57 Å². The van der Waals surface area contributed by atoms with Crippen molar-refractivity contribution in [3.05, 3.63) is 78.4 Å². The van der Waals surface area contributed by atoms with Gasteiger partial charge in [0, 0.05) is 0 Å². The van der Waals surface area contributed by atoms with Gasteiger partial charge in [0.2, 0.25) is 6.33 Å². The molecule has 23 heavy (non-hydrogen) atoms. The van der Waals surface area contributed by atoms with Crippen LogP contribution in [0.4, 0.5) is 0 Å². The number of nitrogens with zero attached hydrogens (tertiary/aromatic N) is 4. The molecule has 0 aliphatic rings. The molecule has 0 spiro atoms. The molecule has 0 N–H and O–H groups in total. The first-order chi connectivity index (χ1) is 11.2. The second-order valence-corrected chi connectivity index (χ2v) is 5.73. The molecule has 4 nitrogen and oxygen atoms in total. The van der Waals surface area contributed by atoms with E-state index in [0.717, 1.165) is 22.7 Å². The smallest absolute Gasteiger partial charge is 0.215 e. The molecule has 112 valence electrons. The quantitative estimate of drug-likeness (QED) is 0.532. The Bertz CT molecular complexity index is 887. The molecule has 0 aliphatic carbocycles. The number of hydrogen-bond acceptors (Lipinski definition) is 2. The summed E-state index contributed by atoms with van der Waals surface area (Å²) < 4.78 is 4.14. The van der Waals surface area contributed by atoms with Crippen LogP contribution in [-0.4, -0.2) is 14.5 Å². The standard InChI is InChI=1S/C19H17N4/c1-14-3-7-16(8-4-14)22-13-23(17-9-5-15(2)6-10-17)19-18(22)20-11-12-21-19/h3-13H,1-2H3/q+1. The van der Waals surface area contributed by atoms with Gasteiger partial charge in [0.25, 0.3) is 5.65 Å². The monoisotopic (exact) mass is 301 g/mol. The van der Waals surface area contributed by atoms with Crippen molar-refractivity contribution < 1.29 is 4.57 Å². The molecule has 4 aromatic rings. The minimum Gasteiger partial charge on any atom is -0.215 e. The van der Waals surface area contributed by atoms with Crippen LogP contribution in [0.15, 0.2) is 67.3 Å². The average molecular weight is 301 g/mol. The number of imidazole rings is 1. The van der Waals surface area contributed by atoms with E-state index in [-0.39, 0.29) is 0 Å². The van der Waals surface area contributed by atoms with E-state index in [0.29, 0.717) is 0 Å². The van der Waals surface area contributed by atoms with Gasteiger partial charge in [-0.25, -0.2) is 9.55 Å². The number of aromatic nitrogens is 4. The third kappa shape index (κ3) is 2.38. The second kappa shape index (κ2) is 5.32. The lowest BCUT2D eigenvalue weighted by atomic mass is 10.2. The Morgan fingerprint density at radius 2 is 1.39 bits per heavy atom. The molecule has 0 atom stereocenters. The predicted octanol–water partition coefficient (Wildman–Crippen LogP) is 3.31. The third-order valence-electron chi connectivity index (χ3n) is 3.97. The van der Waals surface area contributed by atoms with Crippen LogP contribution < -0.4 is 4.57 Å². The Kier molecular flexibility index (Phi) is 3.15. The molecule has 0 fully saturated rings. The zero-order chi connectivity index (χ0) is 15.8. The van der Waals surface area contributed by atoms with E-state index in [4.69, 9.17) is 0 Å². The first-order valence-electron chi connectivity index (χ1n) is 7.60. The SMILES string of the molecule is Cc1ccc(-n2c[n+](-c3ccc(C)cc3)c3nccnc32)cc1. The van der Waals surface area contributed by atoms with Crippen molar-refractivity contribution >= 4 is 11.3 Å². The highest BCUT2D eigenvalue weighted by Crippen LogP contribution is 2.16. The minimum atomic E-state index is 0.844. The summed E-state index contributed by atoms with van der Waals surface area (Å²) >= 11 is 0. The normalized spacial score (nSPS) is 11.0. The molecule has 2 heterocycles. The van der Waals surface area contributed by atoms with Gasteiger partial charge in [-0.05, 0) is 38.1 Å². The van der Waals surface area contributed by atoms with Crippen molar-refractivity contribution in [3.8, 4) is 11.4 Å². The van der Waals surface area contributed by atoms with Crippen LogP contribution in [0.1, 0.15) is 11.1 Å². The Morgan fingerprint density at radius 3 is 2.09 bits per heavy atom. The van der Waals surface area contributed by atoms with Crippen molar-refractivity contribution in [3.63, 3.8) is 0 Å². The number of fused-ring (bicyclic) bond motifs is 1. The van der Waals surface area contributed by atoms with Crippen LogP contribution in [-0.2, 0) is 0 Å². The lowest BCUT2D eigenvalue weighted by Gasteiger charge is -1.99. The number of benzene rings is 2. The van der Waals surface area contributed by atoms with Gasteiger partial charge in [0.05, 0.1) is 6.20 Å². The zero-order valence-electron chi connectivity index (χ0n) is 13.1. The van der Waals surface area contributed by atoms with E-state index in [1.807, 2.05) is 6.33 Å². The molecule has 0 radical (unpaired) electrons. The fourth-order valence-corrected chi connectivity index (χ4v) is 2.68. The lowest BCUT2D eigenvalue weighted by molar-refractivity contribution is -0.570. The van der Waals surface area contributed by atoms with Gasteiger partial charge in [-0.3, -0.25) is 0 Å². The summed E-state index contributed by atoms with van der Waals surface area (Å²) in [4.78, 5) is 9.05. The van der Waals surface area contributed by atoms with Crippen molar-refractivity contribution in [2.45, 2.75) is 13.8 Å². The number of rotatable bonds is 2. The van der Waals surface area contributed by atoms with Crippen LogP contribution in [0, 0.1) is 13.8 Å². The Labute approximate surface area is 134 Å². The summed E-state index contributed by atoms with van der Waals surface area (Å²) in [5, 5.41) is 0. The van der Waals surface area contributed by atoms with Crippen molar-refractivity contribution in [1.82, 2.24) is 14.5 Å². The molecule has 4 rings (SSSR count). The predicted molar refractivity (Wildman–Crippen MR) is 89.9 cm³/mol. The highest BCUT2D eigenvalue weighted by molar-refractivity contribution is 5.65. The van der Waals surface area contributed by atoms with E-state index >= 15 is 0 Å². The van der Waals surface area contributed by atoms with Crippen LogP contribution in [0.2, 0.25) is 0 Å². The summed E-state index contributed by atoms with van der Waals surface area (Å²) in [6, 6.07) is 16.8. The molecule has 4 heteroatoms. The van der Waals surface area contributed by atoms with Gasteiger partial charge >= 0.3 is 5.65 Å². The van der Waals surface area contributed by atoms with Crippen LogP contribution >= 0.6 is 0 Å². The fourth-order valence-electron chi connectivity index (χ4n) is 2.68. The highest BCUT2D eigenvalue weighted by Gasteiger charge is 2.19. The third-order valence-corrected chi connectivity index (χ3v) is 3.97. The summed E-state index contributed by atoms with van der Waals surface area (Å²) in [5.74, 6) is 0. The molecule has 2 aromatic carbocycles. The molecule has 0 bridgehead atoms. The first kappa shape index (κ1) is 13.6. The topological polar surface area (TPSA) is 34.6 Å². The van der Waals surface area contributed by atoms with Gasteiger partial charge in [0.15, 0.2) is 0 Å². The maximum Gasteiger partial charge on any atom is 0.327 e. The molecule has 0 amide bonds. The summed E-state index contributed by atoms with van der Waals surface area (Å²) in [6.07, 6.45) is 5.50. The van der Waals surface area contributed by atoms with Gasteiger partial charge in [0.1, 0.15) is 17.6 Å². The van der Waals surface area contributed by atoms with E-state index in [1.165, 1.54) is 11.1 Å². The maximum atomic E-state index is 4.52. The summed E-state index contributed by atoms with van der Waals surface area (Å²) in [5.41, 5.74) is 6.32. The van der Waals surface area contributed by atoms with Gasteiger partial charge < -0.3 is 0 Å². The molecular formula is C19H17N4+. The molecule has 0 unspecified atom stereocenters. The lowest BCUT2D eigenvalue weighted by Crippen LogP contribution is -2.29. The zero-order valence-corrected chi connectivity index (χ0v) is 13.1. The van der Waals surface area contributed by atoms with E-state index in [9.17, 15) is 0 Å². The molecule has 0 saturated heterocycles. The Hall–Kier alpha value is -3.01. The van der Waals surface area contributed by atoms with Gasteiger partial charge in [-0.1, -0.05) is 35.4 Å². The summed E-state index contributed by atoms with van der Waals surface area (Å²) in [6.45, 7) is 4.17. The molecule has 0 aliphatic heterocycles. The van der Waals surface area contributed by atoms with Crippen molar-refractivity contribution in [1.29, 1.82) is 0 Å². The van der Waals surface area contributed by atoms with Crippen molar-refractivity contribution in [2.24, 2.45) is 0 Å². The number of aryl methyl sites for hydroxylation is 2. The van der Waals surface area contributed by atoms with Crippen LogP contribution in [0.5, 0.6) is 0 Å². The van der Waals surface area contributed by atoms with Gasteiger partial charge in [-0.15, -0.1) is 4.98 Å². The van der Waals surface area contributed by atoms with E-state index in [2.05, 4.69) is 81.5 Å². The largest absolute Gasteiger partial charge is 0.327 e. The first-order valence-corrected chi connectivity index (χ1v) is 7.60. The Morgan fingerprint density at radius 1 is 0.783 bits per heavy atom. The highest BCUT2D eigenvalue weighted by atomic mass is 15.2. The van der Waals surface area contributed by atoms with E-state index in [1.54, 1.807) is 12.4 Å². The van der Waals surface area contributed by atoms with E-state index < -0.39 is 0 Å². The van der Waals surface area contributed by atoms with Crippen LogP contribution in [0.25, 0.3) is 22.7 Å². The Balaban J connectivity index is 1.96. The molecule has 0 saturated carbocycles. The van der Waals surface area contributed by atoms with Crippen molar-refractivity contribution in [2.75, 3.05) is 0 Å². The fraction of sp³-hybridized carbons (Fsp3) is 0.105. The summed E-state index contributed by atoms with van der Waals surface area (Å²) in [7, 11) is 0. The second-order valence-electron chi connectivity index (χ2n) is 5.73. The minimum absolute atomic E-state index is 0.844. The molecule has 2 aromatic heterocycles. The van der Waals surface area contributed by atoms with Crippen LogP contribution in [0.3, 0.4) is 0 Å². The number of hydrogen-bond donors (Lipinski definition) is 0. The average Bonchev–Trinajstić information content (AvgIpc) is 2.96. The molecular weight excluding hydrogens is 284 g/mol. The maximum absolute atomic E-state index is 4.52.